The molecule has 0 aliphatic carbocycles. The van der Waals surface area contributed by atoms with E-state index in [9.17, 15) is 4.79 Å². The van der Waals surface area contributed by atoms with Crippen LogP contribution in [0.4, 0.5) is 0 Å². The normalized spacial score (nSPS) is 9.54. The fourth-order valence-corrected chi connectivity index (χ4v) is 0.927. The molecule has 64 valence electrons. The lowest BCUT2D eigenvalue weighted by Crippen LogP contribution is -1.96. The summed E-state index contributed by atoms with van der Waals surface area (Å²) < 4.78 is 0. The van der Waals surface area contributed by atoms with Crippen molar-refractivity contribution in [2.45, 2.75) is 0 Å². The van der Waals surface area contributed by atoms with Crippen molar-refractivity contribution < 1.29 is 9.58 Å². The Morgan fingerprint density at radius 2 is 2.00 bits per heavy atom. The SMILES string of the molecule is [N-]=[N+]=C(/C=C\C=O)c1ccccc1. The predicted octanol–water partition coefficient (Wildman–Crippen LogP) is 1.46. The van der Waals surface area contributed by atoms with Crippen molar-refractivity contribution in [3.8, 4) is 0 Å². The van der Waals surface area contributed by atoms with Crippen LogP contribution in [0, 0.1) is 0 Å². The molecule has 0 N–H and O–H groups in total. The molecule has 0 aromatic heterocycles. The second-order valence-corrected chi connectivity index (χ2v) is 2.35. The molecular weight excluding hydrogens is 164 g/mol. The minimum absolute atomic E-state index is 0.368. The van der Waals surface area contributed by atoms with Crippen molar-refractivity contribution in [2.75, 3.05) is 0 Å². The van der Waals surface area contributed by atoms with Crippen molar-refractivity contribution in [2.24, 2.45) is 0 Å². The number of nitrogens with zero attached hydrogens (tertiary/aromatic N) is 2. The van der Waals surface area contributed by atoms with Gasteiger partial charge >= 0.3 is 5.71 Å². The monoisotopic (exact) mass is 172 g/mol. The second-order valence-electron chi connectivity index (χ2n) is 2.35. The maximum Gasteiger partial charge on any atom is 0.322 e. The molecule has 13 heavy (non-hydrogen) atoms. The quantitative estimate of drug-likeness (QED) is 0.224. The van der Waals surface area contributed by atoms with E-state index in [-0.39, 0.29) is 0 Å². The molecule has 1 aromatic rings. The van der Waals surface area contributed by atoms with Gasteiger partial charge in [0.15, 0.2) is 0 Å². The van der Waals surface area contributed by atoms with E-state index in [0.717, 1.165) is 5.56 Å². The van der Waals surface area contributed by atoms with Crippen molar-refractivity contribution in [3.63, 3.8) is 0 Å². The van der Waals surface area contributed by atoms with E-state index in [1.165, 1.54) is 12.2 Å². The molecule has 0 amide bonds. The Morgan fingerprint density at radius 3 is 2.54 bits per heavy atom. The standard InChI is InChI=1S/C10H8N2O/c11-12-10(7-4-8-13)9-5-2-1-3-6-9/h1-8H/b7-4-. The van der Waals surface area contributed by atoms with Crippen molar-refractivity contribution in [3.05, 3.63) is 53.6 Å². The largest absolute Gasteiger partial charge is 0.361 e. The number of hydrogen-bond acceptors (Lipinski definition) is 1. The molecule has 1 rings (SSSR count). The van der Waals surface area contributed by atoms with E-state index in [1.807, 2.05) is 18.2 Å². The Morgan fingerprint density at radius 1 is 1.31 bits per heavy atom. The predicted molar refractivity (Wildman–Crippen MR) is 49.4 cm³/mol. The summed E-state index contributed by atoms with van der Waals surface area (Å²) in [5, 5.41) is 0. The Labute approximate surface area is 75.9 Å². The van der Waals surface area contributed by atoms with Gasteiger partial charge < -0.3 is 5.53 Å². The fraction of sp³-hybridized carbons (Fsp3) is 0. The van der Waals surface area contributed by atoms with Crippen molar-refractivity contribution in [1.29, 1.82) is 0 Å². The van der Waals surface area contributed by atoms with Crippen LogP contribution in [0.2, 0.25) is 0 Å². The molecule has 1 aromatic carbocycles. The summed E-state index contributed by atoms with van der Waals surface area (Å²) in [4.78, 5) is 13.1. The van der Waals surface area contributed by atoms with Gasteiger partial charge in [-0.2, -0.15) is 4.79 Å². The molecule has 0 fully saturated rings. The highest BCUT2D eigenvalue weighted by atomic mass is 16.1. The van der Waals surface area contributed by atoms with Crippen LogP contribution < -0.4 is 0 Å². The number of allylic oxidation sites excluding steroid dienone is 2. The average Bonchev–Trinajstić information content (AvgIpc) is 2.21. The Bertz CT molecular complexity index is 362. The first-order valence-electron chi connectivity index (χ1n) is 3.78. The third-order valence-electron chi connectivity index (χ3n) is 1.51. The maximum atomic E-state index is 10.0. The molecule has 0 atom stereocenters. The highest BCUT2D eigenvalue weighted by Gasteiger charge is 2.04. The summed E-state index contributed by atoms with van der Waals surface area (Å²) >= 11 is 0. The van der Waals surface area contributed by atoms with Crippen molar-refractivity contribution in [1.82, 2.24) is 0 Å². The van der Waals surface area contributed by atoms with Gasteiger partial charge in [0.1, 0.15) is 6.29 Å². The van der Waals surface area contributed by atoms with Gasteiger partial charge in [0.2, 0.25) is 0 Å². The van der Waals surface area contributed by atoms with Gasteiger partial charge in [-0.1, -0.05) is 18.2 Å². The smallest absolute Gasteiger partial charge is 0.322 e. The molecule has 3 heteroatoms. The molecule has 0 heterocycles. The van der Waals surface area contributed by atoms with Gasteiger partial charge in [0.05, 0.1) is 5.56 Å². The third-order valence-corrected chi connectivity index (χ3v) is 1.51. The Balaban J connectivity index is 3.00. The number of hydrogen-bond donors (Lipinski definition) is 0. The topological polar surface area (TPSA) is 53.5 Å². The highest BCUT2D eigenvalue weighted by molar-refractivity contribution is 6.06. The Hall–Kier alpha value is -1.99. The molecule has 3 nitrogen and oxygen atoms in total. The van der Waals surface area contributed by atoms with Crippen LogP contribution in [0.25, 0.3) is 5.53 Å². The van der Waals surface area contributed by atoms with Crippen LogP contribution in [0.1, 0.15) is 5.56 Å². The van der Waals surface area contributed by atoms with Crippen LogP contribution in [0.15, 0.2) is 42.5 Å². The maximum absolute atomic E-state index is 10.0. The van der Waals surface area contributed by atoms with Gasteiger partial charge in [-0.05, 0) is 18.2 Å². The van der Waals surface area contributed by atoms with E-state index in [4.69, 9.17) is 5.53 Å². The molecule has 0 bridgehead atoms. The molecule has 0 saturated carbocycles. The first kappa shape index (κ1) is 9.10. The molecule has 0 unspecified atom stereocenters. The highest BCUT2D eigenvalue weighted by Crippen LogP contribution is 1.99. The number of benzene rings is 1. The molecule has 0 radical (unpaired) electrons. The van der Waals surface area contributed by atoms with Crippen LogP contribution in [-0.2, 0) is 4.79 Å². The van der Waals surface area contributed by atoms with Gasteiger partial charge in [-0.25, -0.2) is 0 Å². The lowest BCUT2D eigenvalue weighted by molar-refractivity contribution is -0.104. The Kier molecular flexibility index (Phi) is 3.36. The minimum atomic E-state index is 0.368. The fourth-order valence-electron chi connectivity index (χ4n) is 0.927. The van der Waals surface area contributed by atoms with E-state index in [0.29, 0.717) is 12.0 Å². The van der Waals surface area contributed by atoms with Gasteiger partial charge in [0, 0.05) is 6.08 Å². The molecule has 0 aliphatic heterocycles. The van der Waals surface area contributed by atoms with E-state index >= 15 is 0 Å². The summed E-state index contributed by atoms with van der Waals surface area (Å²) in [6.07, 6.45) is 3.36. The summed E-state index contributed by atoms with van der Waals surface area (Å²) in [6.45, 7) is 0. The molecule has 0 aliphatic rings. The summed E-state index contributed by atoms with van der Waals surface area (Å²) in [5.74, 6) is 0. The van der Waals surface area contributed by atoms with Crippen LogP contribution >= 0.6 is 0 Å². The number of rotatable bonds is 3. The van der Waals surface area contributed by atoms with E-state index in [2.05, 4.69) is 4.79 Å². The molecule has 0 saturated heterocycles. The zero-order valence-corrected chi connectivity index (χ0v) is 6.92. The van der Waals surface area contributed by atoms with Crippen molar-refractivity contribution >= 4 is 12.0 Å². The zero-order chi connectivity index (χ0) is 9.52. The van der Waals surface area contributed by atoms with Crippen LogP contribution in [-0.4, -0.2) is 16.8 Å². The van der Waals surface area contributed by atoms with E-state index in [1.54, 1.807) is 12.1 Å². The summed E-state index contributed by atoms with van der Waals surface area (Å²) in [6, 6.07) is 9.11. The first-order valence-corrected chi connectivity index (χ1v) is 3.78. The number of aldehydes is 1. The summed E-state index contributed by atoms with van der Waals surface area (Å²) in [7, 11) is 0. The van der Waals surface area contributed by atoms with Gasteiger partial charge in [-0.3, -0.25) is 4.79 Å². The average molecular weight is 172 g/mol. The minimum Gasteiger partial charge on any atom is -0.361 e. The van der Waals surface area contributed by atoms with Gasteiger partial charge in [0.25, 0.3) is 0 Å². The molecular formula is C10H8N2O. The zero-order valence-electron chi connectivity index (χ0n) is 6.92. The summed E-state index contributed by atoms with van der Waals surface area (Å²) in [5.41, 5.74) is 9.76. The van der Waals surface area contributed by atoms with Crippen LogP contribution in [0.5, 0.6) is 0 Å². The first-order chi connectivity index (χ1) is 6.38. The number of carbonyl (C=O) groups excluding carboxylic acids is 1. The van der Waals surface area contributed by atoms with Crippen LogP contribution in [0.3, 0.4) is 0 Å². The van der Waals surface area contributed by atoms with E-state index < -0.39 is 0 Å². The second kappa shape index (κ2) is 4.80. The lowest BCUT2D eigenvalue weighted by atomic mass is 10.1. The molecule has 0 spiro atoms. The number of carbonyl (C=O) groups is 1. The van der Waals surface area contributed by atoms with Gasteiger partial charge in [-0.15, -0.1) is 0 Å². The lowest BCUT2D eigenvalue weighted by Gasteiger charge is -1.88. The third kappa shape index (κ3) is 2.51.